The molecule has 0 fully saturated rings. The Morgan fingerprint density at radius 2 is 1.83 bits per heavy atom. The van der Waals surface area contributed by atoms with Crippen molar-refractivity contribution in [2.45, 2.75) is 12.5 Å². The molecule has 0 amide bonds. The van der Waals surface area contributed by atoms with Gasteiger partial charge in [-0.05, 0) is 11.6 Å². The smallest absolute Gasteiger partial charge is 0.326 e. The molecule has 0 saturated carbocycles. The fourth-order valence-electron chi connectivity index (χ4n) is 1.58. The van der Waals surface area contributed by atoms with Gasteiger partial charge in [-0.15, -0.1) is 0 Å². The summed E-state index contributed by atoms with van der Waals surface area (Å²) in [5.74, 6) is -0.605. The maximum absolute atomic E-state index is 11.2. The topological polar surface area (TPSA) is 75.1 Å². The van der Waals surface area contributed by atoms with Crippen molar-refractivity contribution in [3.05, 3.63) is 54.4 Å². The van der Waals surface area contributed by atoms with Crippen LogP contribution in [0.5, 0.6) is 0 Å². The lowest BCUT2D eigenvalue weighted by Gasteiger charge is -2.14. The van der Waals surface area contributed by atoms with Crippen molar-refractivity contribution in [1.29, 1.82) is 0 Å². The van der Waals surface area contributed by atoms with Gasteiger partial charge in [0.2, 0.25) is 5.95 Å². The van der Waals surface area contributed by atoms with Gasteiger partial charge in [0.15, 0.2) is 0 Å². The van der Waals surface area contributed by atoms with Crippen LogP contribution in [0.1, 0.15) is 5.56 Å². The average molecular weight is 243 g/mol. The van der Waals surface area contributed by atoms with E-state index in [-0.39, 0.29) is 0 Å². The molecular formula is C13H13N3O2. The van der Waals surface area contributed by atoms with E-state index < -0.39 is 12.0 Å². The minimum Gasteiger partial charge on any atom is -0.480 e. The van der Waals surface area contributed by atoms with Gasteiger partial charge < -0.3 is 10.4 Å². The second-order valence-electron chi connectivity index (χ2n) is 3.80. The van der Waals surface area contributed by atoms with Crippen molar-refractivity contribution in [1.82, 2.24) is 9.97 Å². The maximum atomic E-state index is 11.2. The Morgan fingerprint density at radius 3 is 2.44 bits per heavy atom. The van der Waals surface area contributed by atoms with E-state index >= 15 is 0 Å². The Balaban J connectivity index is 2.08. The summed E-state index contributed by atoms with van der Waals surface area (Å²) in [4.78, 5) is 19.1. The van der Waals surface area contributed by atoms with Gasteiger partial charge in [-0.1, -0.05) is 30.3 Å². The van der Waals surface area contributed by atoms with Crippen molar-refractivity contribution in [2.75, 3.05) is 5.32 Å². The van der Waals surface area contributed by atoms with E-state index in [1.807, 2.05) is 30.3 Å². The van der Waals surface area contributed by atoms with Crippen LogP contribution in [0.25, 0.3) is 0 Å². The van der Waals surface area contributed by atoms with Gasteiger partial charge in [0, 0.05) is 18.8 Å². The third kappa shape index (κ3) is 3.28. The molecule has 1 aromatic carbocycles. The lowest BCUT2D eigenvalue weighted by molar-refractivity contribution is -0.137. The van der Waals surface area contributed by atoms with Gasteiger partial charge in [-0.25, -0.2) is 14.8 Å². The van der Waals surface area contributed by atoms with Crippen LogP contribution in [0.3, 0.4) is 0 Å². The predicted molar refractivity (Wildman–Crippen MR) is 67.2 cm³/mol. The standard InChI is InChI=1S/C13H13N3O2/c17-12(18)11(9-10-5-2-1-3-6-10)16-13-14-7-4-8-15-13/h1-8,11H,9H2,(H,17,18)(H,14,15,16)/t11-/m0/s1. The van der Waals surface area contributed by atoms with Gasteiger partial charge in [0.1, 0.15) is 6.04 Å². The molecule has 0 aliphatic heterocycles. The number of carboxylic acid groups (broad SMARTS) is 1. The molecule has 0 saturated heterocycles. The normalized spacial score (nSPS) is 11.8. The number of carboxylic acids is 1. The second kappa shape index (κ2) is 5.77. The molecule has 5 nitrogen and oxygen atoms in total. The lowest BCUT2D eigenvalue weighted by atomic mass is 10.1. The summed E-state index contributed by atoms with van der Waals surface area (Å²) >= 11 is 0. The van der Waals surface area contributed by atoms with Gasteiger partial charge >= 0.3 is 5.97 Å². The third-order valence-electron chi connectivity index (χ3n) is 2.45. The molecule has 5 heteroatoms. The largest absolute Gasteiger partial charge is 0.480 e. The van der Waals surface area contributed by atoms with Crippen LogP contribution >= 0.6 is 0 Å². The van der Waals surface area contributed by atoms with Crippen LogP contribution in [0.2, 0.25) is 0 Å². The Kier molecular flexibility index (Phi) is 3.86. The Hall–Kier alpha value is -2.43. The summed E-state index contributed by atoms with van der Waals surface area (Å²) in [6, 6.07) is 10.4. The summed E-state index contributed by atoms with van der Waals surface area (Å²) in [7, 11) is 0. The molecule has 1 heterocycles. The Morgan fingerprint density at radius 1 is 1.17 bits per heavy atom. The molecule has 0 unspecified atom stereocenters. The minimum atomic E-state index is -0.925. The molecule has 0 bridgehead atoms. The number of hydrogen-bond acceptors (Lipinski definition) is 4. The van der Waals surface area contributed by atoms with Crippen molar-refractivity contribution in [3.63, 3.8) is 0 Å². The summed E-state index contributed by atoms with van der Waals surface area (Å²) < 4.78 is 0. The van der Waals surface area contributed by atoms with Crippen LogP contribution < -0.4 is 5.32 Å². The van der Waals surface area contributed by atoms with E-state index in [1.54, 1.807) is 18.5 Å². The van der Waals surface area contributed by atoms with Crippen molar-refractivity contribution >= 4 is 11.9 Å². The molecular weight excluding hydrogens is 230 g/mol. The van der Waals surface area contributed by atoms with Gasteiger partial charge in [-0.3, -0.25) is 0 Å². The molecule has 2 rings (SSSR count). The quantitative estimate of drug-likeness (QED) is 0.834. The Bertz CT molecular complexity index is 461. The first-order valence-electron chi connectivity index (χ1n) is 5.56. The summed E-state index contributed by atoms with van der Waals surface area (Å²) in [5, 5.41) is 12.0. The molecule has 2 N–H and O–H groups in total. The van der Waals surface area contributed by atoms with Crippen molar-refractivity contribution in [3.8, 4) is 0 Å². The van der Waals surface area contributed by atoms with E-state index in [1.165, 1.54) is 0 Å². The molecule has 2 aromatic rings. The van der Waals surface area contributed by atoms with Crippen LogP contribution in [-0.4, -0.2) is 27.1 Å². The number of hydrogen-bond donors (Lipinski definition) is 2. The van der Waals surface area contributed by atoms with E-state index in [2.05, 4.69) is 15.3 Å². The first-order chi connectivity index (χ1) is 8.75. The summed E-state index contributed by atoms with van der Waals surface area (Å²) in [6.45, 7) is 0. The third-order valence-corrected chi connectivity index (χ3v) is 2.45. The average Bonchev–Trinajstić information content (AvgIpc) is 2.40. The number of carbonyl (C=O) groups is 1. The summed E-state index contributed by atoms with van der Waals surface area (Å²) in [6.07, 6.45) is 3.52. The van der Waals surface area contributed by atoms with Crippen molar-refractivity contribution in [2.24, 2.45) is 0 Å². The number of aliphatic carboxylic acids is 1. The van der Waals surface area contributed by atoms with E-state index in [4.69, 9.17) is 0 Å². The molecule has 0 spiro atoms. The predicted octanol–water partition coefficient (Wildman–Crippen LogP) is 1.58. The van der Waals surface area contributed by atoms with Gasteiger partial charge in [0.05, 0.1) is 0 Å². The zero-order valence-corrected chi connectivity index (χ0v) is 9.65. The molecule has 0 aliphatic carbocycles. The van der Waals surface area contributed by atoms with Crippen LogP contribution in [0, 0.1) is 0 Å². The van der Waals surface area contributed by atoms with Crippen LogP contribution in [0.4, 0.5) is 5.95 Å². The fourth-order valence-corrected chi connectivity index (χ4v) is 1.58. The first kappa shape index (κ1) is 12.0. The van der Waals surface area contributed by atoms with Gasteiger partial charge in [-0.2, -0.15) is 0 Å². The molecule has 0 radical (unpaired) electrons. The first-order valence-corrected chi connectivity index (χ1v) is 5.56. The van der Waals surface area contributed by atoms with E-state index in [0.29, 0.717) is 12.4 Å². The SMILES string of the molecule is O=C(O)[C@H](Cc1ccccc1)Nc1ncccn1. The highest BCUT2D eigenvalue weighted by atomic mass is 16.4. The van der Waals surface area contributed by atoms with Crippen LogP contribution in [-0.2, 0) is 11.2 Å². The second-order valence-corrected chi connectivity index (χ2v) is 3.80. The monoisotopic (exact) mass is 243 g/mol. The van der Waals surface area contributed by atoms with Crippen molar-refractivity contribution < 1.29 is 9.90 Å². The molecule has 1 aromatic heterocycles. The number of rotatable bonds is 5. The number of nitrogens with one attached hydrogen (secondary N) is 1. The number of benzene rings is 1. The highest BCUT2D eigenvalue weighted by Gasteiger charge is 2.18. The van der Waals surface area contributed by atoms with Gasteiger partial charge in [0.25, 0.3) is 0 Å². The molecule has 0 aliphatic rings. The number of aromatic nitrogens is 2. The zero-order chi connectivity index (χ0) is 12.8. The fraction of sp³-hybridized carbons (Fsp3) is 0.154. The number of anilines is 1. The highest BCUT2D eigenvalue weighted by molar-refractivity contribution is 5.76. The van der Waals surface area contributed by atoms with E-state index in [0.717, 1.165) is 5.56 Å². The minimum absolute atomic E-state index is 0.320. The van der Waals surface area contributed by atoms with E-state index in [9.17, 15) is 9.90 Å². The highest BCUT2D eigenvalue weighted by Crippen LogP contribution is 2.07. The lowest BCUT2D eigenvalue weighted by Crippen LogP contribution is -2.32. The van der Waals surface area contributed by atoms with Crippen LogP contribution in [0.15, 0.2) is 48.8 Å². The molecule has 1 atom stereocenters. The molecule has 18 heavy (non-hydrogen) atoms. The maximum Gasteiger partial charge on any atom is 0.326 e. The zero-order valence-electron chi connectivity index (χ0n) is 9.65. The summed E-state index contributed by atoms with van der Waals surface area (Å²) in [5.41, 5.74) is 0.952. The molecule has 92 valence electrons. The Labute approximate surface area is 105 Å². The number of nitrogens with zero attached hydrogens (tertiary/aromatic N) is 2.